The molecule has 7 heteroatoms. The van der Waals surface area contributed by atoms with Crippen LogP contribution in [0.15, 0.2) is 6.20 Å². The second-order valence-corrected chi connectivity index (χ2v) is 5.24. The molecule has 0 radical (unpaired) electrons. The number of aryl methyl sites for hydroxylation is 1. The van der Waals surface area contributed by atoms with Crippen molar-refractivity contribution in [3.05, 3.63) is 12.0 Å². The molecule has 3 heterocycles. The zero-order valence-corrected chi connectivity index (χ0v) is 12.1. The van der Waals surface area contributed by atoms with E-state index < -0.39 is 0 Å². The molecule has 1 aliphatic rings. The number of likely N-dealkylation sites (N-methyl/N-ethyl adjacent to an activating group) is 1. The summed E-state index contributed by atoms with van der Waals surface area (Å²) >= 11 is 0. The molecule has 0 spiro atoms. The molecule has 0 aliphatic carbocycles. The Balaban J connectivity index is 1.76. The summed E-state index contributed by atoms with van der Waals surface area (Å²) in [4.78, 5) is 13.8. The van der Waals surface area contributed by atoms with E-state index in [1.165, 1.54) is 0 Å². The molecule has 2 N–H and O–H groups in total. The Labute approximate surface area is 118 Å². The molecule has 20 heavy (non-hydrogen) atoms. The van der Waals surface area contributed by atoms with Crippen molar-refractivity contribution in [3.63, 3.8) is 0 Å². The number of aromatic nitrogens is 4. The van der Waals surface area contributed by atoms with Gasteiger partial charge in [0.05, 0.1) is 18.1 Å². The van der Waals surface area contributed by atoms with Gasteiger partial charge in [0.15, 0.2) is 5.65 Å². The van der Waals surface area contributed by atoms with Gasteiger partial charge in [-0.3, -0.25) is 9.58 Å². The first kappa shape index (κ1) is 13.3. The standard InChI is InChI=1S/C13H21N7/c1-3-19-4-6-20(7-5-19)9-11-16-12(14)10-8-15-18(2)13(10)17-11/h8H,3-7,9H2,1-2H3,(H2,14,16,17). The third kappa shape index (κ3) is 2.46. The number of nitrogens with two attached hydrogens (primary N) is 1. The van der Waals surface area contributed by atoms with Crippen LogP contribution < -0.4 is 5.73 Å². The number of hydrogen-bond acceptors (Lipinski definition) is 6. The molecule has 0 aromatic carbocycles. The van der Waals surface area contributed by atoms with E-state index in [4.69, 9.17) is 5.73 Å². The Morgan fingerprint density at radius 1 is 1.15 bits per heavy atom. The Morgan fingerprint density at radius 3 is 2.55 bits per heavy atom. The third-order valence-corrected chi connectivity index (χ3v) is 3.95. The molecule has 0 amide bonds. The quantitative estimate of drug-likeness (QED) is 0.855. The zero-order chi connectivity index (χ0) is 14.1. The molecule has 1 fully saturated rings. The highest BCUT2D eigenvalue weighted by Crippen LogP contribution is 2.17. The van der Waals surface area contributed by atoms with Gasteiger partial charge in [-0.15, -0.1) is 0 Å². The molecule has 2 aromatic heterocycles. The van der Waals surface area contributed by atoms with Gasteiger partial charge in [0.1, 0.15) is 11.6 Å². The molecular weight excluding hydrogens is 254 g/mol. The summed E-state index contributed by atoms with van der Waals surface area (Å²) < 4.78 is 1.74. The maximum Gasteiger partial charge on any atom is 0.163 e. The minimum Gasteiger partial charge on any atom is -0.383 e. The predicted molar refractivity (Wildman–Crippen MR) is 78.1 cm³/mol. The molecule has 0 saturated carbocycles. The lowest BCUT2D eigenvalue weighted by atomic mass is 10.3. The molecule has 108 valence electrons. The summed E-state index contributed by atoms with van der Waals surface area (Å²) in [7, 11) is 1.87. The lowest BCUT2D eigenvalue weighted by Gasteiger charge is -2.33. The normalized spacial score (nSPS) is 17.9. The number of rotatable bonds is 3. The van der Waals surface area contributed by atoms with Crippen LogP contribution in [-0.4, -0.2) is 62.3 Å². The lowest BCUT2D eigenvalue weighted by molar-refractivity contribution is 0.129. The highest BCUT2D eigenvalue weighted by molar-refractivity contribution is 5.84. The predicted octanol–water partition coefficient (Wildman–Crippen LogP) is 0.0830. The van der Waals surface area contributed by atoms with Gasteiger partial charge in [0, 0.05) is 33.2 Å². The van der Waals surface area contributed by atoms with E-state index >= 15 is 0 Å². The maximum absolute atomic E-state index is 5.99. The van der Waals surface area contributed by atoms with Gasteiger partial charge in [-0.25, -0.2) is 9.97 Å². The van der Waals surface area contributed by atoms with E-state index in [0.29, 0.717) is 5.82 Å². The molecule has 7 nitrogen and oxygen atoms in total. The van der Waals surface area contributed by atoms with Crippen LogP contribution in [0.25, 0.3) is 11.0 Å². The van der Waals surface area contributed by atoms with Gasteiger partial charge in [0.2, 0.25) is 0 Å². The Kier molecular flexibility index (Phi) is 3.54. The molecule has 1 aliphatic heterocycles. The van der Waals surface area contributed by atoms with E-state index in [2.05, 4.69) is 31.8 Å². The average molecular weight is 275 g/mol. The number of hydrogen-bond donors (Lipinski definition) is 1. The molecule has 0 bridgehead atoms. The molecule has 0 atom stereocenters. The van der Waals surface area contributed by atoms with E-state index in [0.717, 1.165) is 56.1 Å². The van der Waals surface area contributed by atoms with Gasteiger partial charge >= 0.3 is 0 Å². The fourth-order valence-corrected chi connectivity index (χ4v) is 2.63. The molecule has 0 unspecified atom stereocenters. The first-order valence-electron chi connectivity index (χ1n) is 7.06. The van der Waals surface area contributed by atoms with Crippen LogP contribution in [0.3, 0.4) is 0 Å². The number of anilines is 1. The Hall–Kier alpha value is -1.73. The summed E-state index contributed by atoms with van der Waals surface area (Å²) in [5.41, 5.74) is 6.79. The highest BCUT2D eigenvalue weighted by Gasteiger charge is 2.17. The van der Waals surface area contributed by atoms with Crippen LogP contribution >= 0.6 is 0 Å². The minimum absolute atomic E-state index is 0.519. The van der Waals surface area contributed by atoms with E-state index in [1.54, 1.807) is 10.9 Å². The molecule has 1 saturated heterocycles. The summed E-state index contributed by atoms with van der Waals surface area (Å²) in [6.07, 6.45) is 1.72. The monoisotopic (exact) mass is 275 g/mol. The lowest BCUT2D eigenvalue weighted by Crippen LogP contribution is -2.45. The summed E-state index contributed by atoms with van der Waals surface area (Å²) in [6.45, 7) is 8.41. The van der Waals surface area contributed by atoms with Gasteiger partial charge in [-0.05, 0) is 6.54 Å². The van der Waals surface area contributed by atoms with Crippen LogP contribution in [0.5, 0.6) is 0 Å². The number of fused-ring (bicyclic) bond motifs is 1. The van der Waals surface area contributed by atoms with Gasteiger partial charge in [0.25, 0.3) is 0 Å². The largest absolute Gasteiger partial charge is 0.383 e. The topological polar surface area (TPSA) is 76.1 Å². The van der Waals surface area contributed by atoms with Gasteiger partial charge in [-0.1, -0.05) is 6.92 Å². The number of nitrogens with zero attached hydrogens (tertiary/aromatic N) is 6. The zero-order valence-electron chi connectivity index (χ0n) is 12.1. The van der Waals surface area contributed by atoms with Crippen LogP contribution in [0.2, 0.25) is 0 Å². The van der Waals surface area contributed by atoms with Crippen LogP contribution in [0.4, 0.5) is 5.82 Å². The summed E-state index contributed by atoms with van der Waals surface area (Å²) in [6, 6.07) is 0. The van der Waals surface area contributed by atoms with Crippen molar-refractivity contribution in [2.24, 2.45) is 7.05 Å². The summed E-state index contributed by atoms with van der Waals surface area (Å²) in [5.74, 6) is 1.30. The number of nitrogen functional groups attached to an aromatic ring is 1. The van der Waals surface area contributed by atoms with Crippen LogP contribution in [-0.2, 0) is 13.6 Å². The fourth-order valence-electron chi connectivity index (χ4n) is 2.63. The van der Waals surface area contributed by atoms with Gasteiger partial charge in [-0.2, -0.15) is 5.10 Å². The maximum atomic E-state index is 5.99. The van der Waals surface area contributed by atoms with Crippen molar-refractivity contribution in [1.29, 1.82) is 0 Å². The summed E-state index contributed by atoms with van der Waals surface area (Å²) in [5, 5.41) is 5.01. The molecule has 3 rings (SSSR count). The average Bonchev–Trinajstić information content (AvgIpc) is 2.82. The van der Waals surface area contributed by atoms with Crippen molar-refractivity contribution < 1.29 is 0 Å². The minimum atomic E-state index is 0.519. The Morgan fingerprint density at radius 2 is 1.85 bits per heavy atom. The van der Waals surface area contributed by atoms with Crippen molar-refractivity contribution in [3.8, 4) is 0 Å². The van der Waals surface area contributed by atoms with Crippen molar-refractivity contribution in [2.75, 3.05) is 38.5 Å². The first-order valence-corrected chi connectivity index (χ1v) is 7.06. The molecule has 2 aromatic rings. The van der Waals surface area contributed by atoms with Crippen LogP contribution in [0, 0.1) is 0 Å². The van der Waals surface area contributed by atoms with Crippen LogP contribution in [0.1, 0.15) is 12.7 Å². The third-order valence-electron chi connectivity index (χ3n) is 3.95. The second-order valence-electron chi connectivity index (χ2n) is 5.24. The van der Waals surface area contributed by atoms with Gasteiger partial charge < -0.3 is 10.6 Å². The fraction of sp³-hybridized carbons (Fsp3) is 0.615. The SMILES string of the molecule is CCN1CCN(Cc2nc(N)c3cnn(C)c3n2)CC1. The van der Waals surface area contributed by atoms with Crippen molar-refractivity contribution in [2.45, 2.75) is 13.5 Å². The smallest absolute Gasteiger partial charge is 0.163 e. The van der Waals surface area contributed by atoms with E-state index in [1.807, 2.05) is 7.05 Å². The first-order chi connectivity index (χ1) is 9.67. The van der Waals surface area contributed by atoms with E-state index in [9.17, 15) is 0 Å². The molecular formula is C13H21N7. The van der Waals surface area contributed by atoms with Crippen molar-refractivity contribution >= 4 is 16.9 Å². The highest BCUT2D eigenvalue weighted by atomic mass is 15.3. The van der Waals surface area contributed by atoms with Crippen molar-refractivity contribution in [1.82, 2.24) is 29.5 Å². The Bertz CT molecular complexity index is 598. The van der Waals surface area contributed by atoms with E-state index in [-0.39, 0.29) is 0 Å². The second kappa shape index (κ2) is 5.34. The number of piperazine rings is 1.